The normalized spacial score (nSPS) is 13.7. The first-order valence-electron chi connectivity index (χ1n) is 19.3. The highest BCUT2D eigenvalue weighted by Gasteiger charge is 2.23. The molecule has 0 aromatic heterocycles. The van der Waals surface area contributed by atoms with Gasteiger partial charge in [0.2, 0.25) is 5.91 Å². The number of carbonyl (C=O) groups is 1. The Labute approximate surface area is 268 Å². The van der Waals surface area contributed by atoms with E-state index >= 15 is 0 Å². The summed E-state index contributed by atoms with van der Waals surface area (Å²) in [6.07, 6.45) is 36.6. The van der Waals surface area contributed by atoms with Crippen LogP contribution in [0.1, 0.15) is 213 Å². The number of carbonyl (C=O) groups excluding carboxylic acids is 1. The molecule has 0 rings (SSSR count). The van der Waals surface area contributed by atoms with Crippen molar-refractivity contribution in [3.8, 4) is 0 Å². The number of hydrogen-bond donors (Lipinski definition) is 4. The first-order chi connectivity index (χ1) is 21.1. The highest BCUT2D eigenvalue weighted by Crippen LogP contribution is 2.16. The molecule has 5 heteroatoms. The molecule has 0 radical (unpaired) electrons. The molecule has 0 aliphatic rings. The monoisotopic (exact) mass is 612 g/mol. The summed E-state index contributed by atoms with van der Waals surface area (Å²) in [5, 5.41) is 33.2. The molecule has 258 valence electrons. The summed E-state index contributed by atoms with van der Waals surface area (Å²) in [5.74, 6) is -0.469. The van der Waals surface area contributed by atoms with Crippen LogP contribution in [-0.2, 0) is 4.79 Å². The third-order valence-electron chi connectivity index (χ3n) is 9.23. The average molecular weight is 612 g/mol. The quantitative estimate of drug-likeness (QED) is 0.0537. The average Bonchev–Trinajstić information content (AvgIpc) is 3.01. The fourth-order valence-corrected chi connectivity index (χ4v) is 6.13. The van der Waals surface area contributed by atoms with E-state index in [0.29, 0.717) is 12.8 Å². The Kier molecular flexibility index (Phi) is 33.7. The molecule has 0 saturated heterocycles. The van der Waals surface area contributed by atoms with Gasteiger partial charge in [0, 0.05) is 0 Å². The predicted molar refractivity (Wildman–Crippen MR) is 186 cm³/mol. The summed E-state index contributed by atoms with van der Waals surface area (Å²) >= 11 is 0. The minimum Gasteiger partial charge on any atom is -0.394 e. The highest BCUT2D eigenvalue weighted by molar-refractivity contribution is 5.80. The predicted octanol–water partition coefficient (Wildman–Crippen LogP) is 10.3. The van der Waals surface area contributed by atoms with Gasteiger partial charge in [-0.05, 0) is 12.8 Å². The van der Waals surface area contributed by atoms with Gasteiger partial charge in [0.25, 0.3) is 0 Å². The Balaban J connectivity index is 3.64. The van der Waals surface area contributed by atoms with Gasteiger partial charge in [-0.1, -0.05) is 200 Å². The standard InChI is InChI=1S/C38H77NO4/c1-3-5-7-9-11-13-15-17-18-19-21-22-24-26-28-30-32-36(41)35(34-40)39-38(43)37(42)33-31-29-27-25-23-20-16-14-12-10-8-6-4-2/h35-37,40-42H,3-34H2,1-2H3,(H,39,43). The van der Waals surface area contributed by atoms with Crippen LogP contribution in [0.3, 0.4) is 0 Å². The van der Waals surface area contributed by atoms with Crippen LogP contribution in [0.2, 0.25) is 0 Å². The van der Waals surface area contributed by atoms with Gasteiger partial charge < -0.3 is 20.6 Å². The van der Waals surface area contributed by atoms with Crippen LogP contribution in [0.25, 0.3) is 0 Å². The largest absolute Gasteiger partial charge is 0.394 e. The lowest BCUT2D eigenvalue weighted by Gasteiger charge is -2.23. The molecular formula is C38H77NO4. The molecule has 0 fully saturated rings. The van der Waals surface area contributed by atoms with E-state index in [0.717, 1.165) is 32.1 Å². The fraction of sp³-hybridized carbons (Fsp3) is 0.974. The Morgan fingerprint density at radius 2 is 0.744 bits per heavy atom. The van der Waals surface area contributed by atoms with Crippen molar-refractivity contribution < 1.29 is 20.1 Å². The van der Waals surface area contributed by atoms with Gasteiger partial charge in [-0.3, -0.25) is 4.79 Å². The molecule has 0 saturated carbocycles. The van der Waals surface area contributed by atoms with Gasteiger partial charge in [0.1, 0.15) is 6.10 Å². The van der Waals surface area contributed by atoms with Gasteiger partial charge in [0.05, 0.1) is 18.8 Å². The zero-order chi connectivity index (χ0) is 31.6. The van der Waals surface area contributed by atoms with Crippen molar-refractivity contribution >= 4 is 5.91 Å². The second-order valence-corrected chi connectivity index (χ2v) is 13.5. The summed E-state index contributed by atoms with van der Waals surface area (Å²) in [6, 6.07) is -0.704. The Morgan fingerprint density at radius 3 is 1.05 bits per heavy atom. The van der Waals surface area contributed by atoms with Crippen LogP contribution in [0.5, 0.6) is 0 Å². The van der Waals surface area contributed by atoms with Crippen molar-refractivity contribution in [1.29, 1.82) is 0 Å². The van der Waals surface area contributed by atoms with Crippen LogP contribution in [0, 0.1) is 0 Å². The van der Waals surface area contributed by atoms with Crippen LogP contribution < -0.4 is 5.32 Å². The number of unbranched alkanes of at least 4 members (excludes halogenated alkanes) is 27. The number of aliphatic hydroxyl groups is 3. The molecule has 0 aromatic rings. The molecule has 0 aliphatic carbocycles. The third kappa shape index (κ3) is 29.8. The van der Waals surface area contributed by atoms with Crippen LogP contribution in [-0.4, -0.2) is 46.1 Å². The number of hydrogen-bond acceptors (Lipinski definition) is 4. The van der Waals surface area contributed by atoms with Gasteiger partial charge in [0.15, 0.2) is 0 Å². The maximum Gasteiger partial charge on any atom is 0.249 e. The lowest BCUT2D eigenvalue weighted by molar-refractivity contribution is -0.131. The second kappa shape index (κ2) is 34.2. The molecule has 0 bridgehead atoms. The van der Waals surface area contributed by atoms with Gasteiger partial charge in [-0.2, -0.15) is 0 Å². The first kappa shape index (κ1) is 42.3. The lowest BCUT2D eigenvalue weighted by Crippen LogP contribution is -2.49. The van der Waals surface area contributed by atoms with Gasteiger partial charge in [-0.15, -0.1) is 0 Å². The Bertz CT molecular complexity index is 558. The molecular weight excluding hydrogens is 534 g/mol. The van der Waals surface area contributed by atoms with Crippen molar-refractivity contribution in [2.45, 2.75) is 231 Å². The van der Waals surface area contributed by atoms with E-state index in [1.54, 1.807) is 0 Å². The maximum atomic E-state index is 12.4. The van der Waals surface area contributed by atoms with Crippen LogP contribution in [0.4, 0.5) is 0 Å². The summed E-state index contributed by atoms with van der Waals surface area (Å²) < 4.78 is 0. The summed E-state index contributed by atoms with van der Waals surface area (Å²) in [5.41, 5.74) is 0. The van der Waals surface area contributed by atoms with Crippen LogP contribution in [0.15, 0.2) is 0 Å². The van der Waals surface area contributed by atoms with Crippen molar-refractivity contribution in [2.75, 3.05) is 6.61 Å². The molecule has 3 atom stereocenters. The van der Waals surface area contributed by atoms with E-state index < -0.39 is 24.2 Å². The number of amides is 1. The number of rotatable bonds is 35. The minimum atomic E-state index is -1.07. The van der Waals surface area contributed by atoms with Crippen LogP contribution >= 0.6 is 0 Å². The molecule has 0 aliphatic heterocycles. The molecule has 3 unspecified atom stereocenters. The van der Waals surface area contributed by atoms with Crippen molar-refractivity contribution in [2.24, 2.45) is 0 Å². The number of aliphatic hydroxyl groups excluding tert-OH is 3. The van der Waals surface area contributed by atoms with E-state index in [4.69, 9.17) is 0 Å². The molecule has 1 amide bonds. The molecule has 4 N–H and O–H groups in total. The molecule has 0 heterocycles. The lowest BCUT2D eigenvalue weighted by atomic mass is 10.0. The topological polar surface area (TPSA) is 89.8 Å². The van der Waals surface area contributed by atoms with Gasteiger partial charge in [-0.25, -0.2) is 0 Å². The highest BCUT2D eigenvalue weighted by atomic mass is 16.3. The smallest absolute Gasteiger partial charge is 0.249 e. The zero-order valence-corrected chi connectivity index (χ0v) is 29.1. The Morgan fingerprint density at radius 1 is 0.465 bits per heavy atom. The summed E-state index contributed by atoms with van der Waals surface area (Å²) in [7, 11) is 0. The Hall–Kier alpha value is -0.650. The fourth-order valence-electron chi connectivity index (χ4n) is 6.13. The molecule has 43 heavy (non-hydrogen) atoms. The summed E-state index contributed by atoms with van der Waals surface area (Å²) in [4.78, 5) is 12.4. The van der Waals surface area contributed by atoms with E-state index in [2.05, 4.69) is 19.2 Å². The van der Waals surface area contributed by atoms with E-state index in [1.165, 1.54) is 154 Å². The first-order valence-corrected chi connectivity index (χ1v) is 19.3. The van der Waals surface area contributed by atoms with E-state index in [1.807, 2.05) is 0 Å². The minimum absolute atomic E-state index is 0.308. The van der Waals surface area contributed by atoms with E-state index in [-0.39, 0.29) is 6.61 Å². The zero-order valence-electron chi connectivity index (χ0n) is 29.1. The molecule has 0 aromatic carbocycles. The summed E-state index contributed by atoms with van der Waals surface area (Å²) in [6.45, 7) is 4.23. The second-order valence-electron chi connectivity index (χ2n) is 13.5. The molecule has 5 nitrogen and oxygen atoms in total. The van der Waals surface area contributed by atoms with Crippen molar-refractivity contribution in [3.05, 3.63) is 0 Å². The number of nitrogens with one attached hydrogen (secondary N) is 1. The van der Waals surface area contributed by atoms with Gasteiger partial charge >= 0.3 is 0 Å². The van der Waals surface area contributed by atoms with Crippen molar-refractivity contribution in [3.63, 3.8) is 0 Å². The van der Waals surface area contributed by atoms with E-state index in [9.17, 15) is 20.1 Å². The molecule has 0 spiro atoms. The third-order valence-corrected chi connectivity index (χ3v) is 9.23. The maximum absolute atomic E-state index is 12.4. The SMILES string of the molecule is CCCCCCCCCCCCCCCCCCC(O)C(CO)NC(=O)C(O)CCCCCCCCCCCCCCC. The van der Waals surface area contributed by atoms with Crippen molar-refractivity contribution in [1.82, 2.24) is 5.32 Å².